The summed E-state index contributed by atoms with van der Waals surface area (Å²) >= 11 is 12.4. The van der Waals surface area contributed by atoms with Crippen molar-refractivity contribution in [3.05, 3.63) is 130 Å². The average Bonchev–Trinajstić information content (AvgIpc) is 3.02. The summed E-state index contributed by atoms with van der Waals surface area (Å²) in [6.45, 7) is -0.197. The van der Waals surface area contributed by atoms with Crippen LogP contribution in [0.2, 0.25) is 10.0 Å². The molecule has 0 aliphatic rings. The molecule has 0 unspecified atom stereocenters. The minimum atomic E-state index is -3.90. The Kier molecular flexibility index (Phi) is 11.3. The number of amides is 2. The summed E-state index contributed by atoms with van der Waals surface area (Å²) < 4.78 is 32.8. The van der Waals surface area contributed by atoms with Gasteiger partial charge in [0.1, 0.15) is 24.9 Å². The van der Waals surface area contributed by atoms with Crippen LogP contribution in [-0.4, -0.2) is 51.0 Å². The van der Waals surface area contributed by atoms with Gasteiger partial charge in [-0.1, -0.05) is 89.9 Å². The molecule has 1 N–H and O–H groups in total. The number of hydrogen-bond acceptors (Lipinski definition) is 5. The normalized spacial score (nSPS) is 11.8. The van der Waals surface area contributed by atoms with Gasteiger partial charge in [0.25, 0.3) is 0 Å². The third-order valence-corrected chi connectivity index (χ3v) is 8.79. The van der Waals surface area contributed by atoms with E-state index >= 15 is 0 Å². The van der Waals surface area contributed by atoms with Gasteiger partial charge >= 0.3 is 0 Å². The minimum Gasteiger partial charge on any atom is -0.489 e. The molecular formula is C33H33Cl2N3O5S. The van der Waals surface area contributed by atoms with Crippen molar-refractivity contribution in [2.45, 2.75) is 25.6 Å². The Bertz CT molecular complexity index is 1670. The standard InChI is InChI=1S/C33H33Cl2N3O5S/c1-36-33(40)31(20-24-9-5-3-6-10-24)37(21-26-13-18-29(34)30(35)19-26)32(39)22-38(44(2,41)42)27-14-16-28(17-15-27)43-23-25-11-7-4-8-12-25/h3-19,31H,20-23H2,1-2H3,(H,36,40)/t31-/m1/s1. The van der Waals surface area contributed by atoms with Gasteiger partial charge < -0.3 is 15.0 Å². The Morgan fingerprint density at radius 3 is 2.00 bits per heavy atom. The summed E-state index contributed by atoms with van der Waals surface area (Å²) in [4.78, 5) is 28.7. The molecule has 0 heterocycles. The van der Waals surface area contributed by atoms with E-state index in [4.69, 9.17) is 27.9 Å². The Hall–Kier alpha value is -4.05. The van der Waals surface area contributed by atoms with Crippen molar-refractivity contribution in [2.24, 2.45) is 0 Å². The van der Waals surface area contributed by atoms with Crippen LogP contribution in [0, 0.1) is 0 Å². The van der Waals surface area contributed by atoms with Gasteiger partial charge in [0.2, 0.25) is 21.8 Å². The lowest BCUT2D eigenvalue weighted by atomic mass is 10.0. The molecule has 0 aromatic heterocycles. The molecule has 0 radical (unpaired) electrons. The number of ether oxygens (including phenoxy) is 1. The fourth-order valence-electron chi connectivity index (χ4n) is 4.62. The van der Waals surface area contributed by atoms with Crippen LogP contribution in [0.25, 0.3) is 0 Å². The van der Waals surface area contributed by atoms with E-state index in [0.717, 1.165) is 21.7 Å². The topological polar surface area (TPSA) is 96.0 Å². The van der Waals surface area contributed by atoms with Gasteiger partial charge in [0.05, 0.1) is 22.0 Å². The molecule has 4 aromatic rings. The van der Waals surface area contributed by atoms with Crippen LogP contribution >= 0.6 is 23.2 Å². The second kappa shape index (κ2) is 15.1. The zero-order valence-electron chi connectivity index (χ0n) is 24.3. The lowest BCUT2D eigenvalue weighted by molar-refractivity contribution is -0.139. The Morgan fingerprint density at radius 1 is 0.818 bits per heavy atom. The van der Waals surface area contributed by atoms with Crippen LogP contribution in [0.1, 0.15) is 16.7 Å². The highest BCUT2D eigenvalue weighted by atomic mass is 35.5. The summed E-state index contributed by atoms with van der Waals surface area (Å²) in [5.41, 5.74) is 2.73. The fourth-order valence-corrected chi connectivity index (χ4v) is 5.79. The number of benzene rings is 4. The van der Waals surface area contributed by atoms with Gasteiger partial charge in [-0.3, -0.25) is 13.9 Å². The molecule has 11 heteroatoms. The van der Waals surface area contributed by atoms with Crippen molar-refractivity contribution in [3.63, 3.8) is 0 Å². The molecule has 44 heavy (non-hydrogen) atoms. The van der Waals surface area contributed by atoms with E-state index in [9.17, 15) is 18.0 Å². The average molecular weight is 655 g/mol. The lowest BCUT2D eigenvalue weighted by Crippen LogP contribution is -2.52. The number of likely N-dealkylation sites (N-methyl/N-ethyl adjacent to an activating group) is 1. The van der Waals surface area contributed by atoms with E-state index in [-0.39, 0.29) is 18.7 Å². The highest BCUT2D eigenvalue weighted by Crippen LogP contribution is 2.26. The maximum Gasteiger partial charge on any atom is 0.244 e. The number of anilines is 1. The molecule has 2 amide bonds. The predicted molar refractivity (Wildman–Crippen MR) is 174 cm³/mol. The van der Waals surface area contributed by atoms with Crippen LogP contribution < -0.4 is 14.4 Å². The van der Waals surface area contributed by atoms with E-state index in [1.54, 1.807) is 42.5 Å². The number of hydrogen-bond donors (Lipinski definition) is 1. The Balaban J connectivity index is 1.63. The van der Waals surface area contributed by atoms with Crippen LogP contribution in [0.4, 0.5) is 5.69 Å². The quantitative estimate of drug-likeness (QED) is 0.199. The zero-order chi connectivity index (χ0) is 31.7. The molecule has 0 fully saturated rings. The van der Waals surface area contributed by atoms with Crippen molar-refractivity contribution < 1.29 is 22.7 Å². The largest absolute Gasteiger partial charge is 0.489 e. The second-order valence-corrected chi connectivity index (χ2v) is 12.8. The first kappa shape index (κ1) is 32.9. The first-order chi connectivity index (χ1) is 21.0. The van der Waals surface area contributed by atoms with Crippen molar-refractivity contribution >= 4 is 50.7 Å². The van der Waals surface area contributed by atoms with Gasteiger partial charge in [0.15, 0.2) is 0 Å². The minimum absolute atomic E-state index is 0.00942. The Labute approximate surface area is 268 Å². The monoisotopic (exact) mass is 653 g/mol. The van der Waals surface area contributed by atoms with E-state index < -0.39 is 34.4 Å². The molecule has 1 atom stereocenters. The van der Waals surface area contributed by atoms with Crippen LogP contribution in [-0.2, 0) is 39.2 Å². The SMILES string of the molecule is CNC(=O)[C@@H](Cc1ccccc1)N(Cc1ccc(Cl)c(Cl)c1)C(=O)CN(c1ccc(OCc2ccccc2)cc1)S(C)(=O)=O. The third-order valence-electron chi connectivity index (χ3n) is 6.91. The van der Waals surface area contributed by atoms with Crippen molar-refractivity contribution in [1.29, 1.82) is 0 Å². The number of carbonyl (C=O) groups excluding carboxylic acids is 2. The summed E-state index contributed by atoms with van der Waals surface area (Å²) in [5.74, 6) is -0.426. The van der Waals surface area contributed by atoms with Gasteiger partial charge in [-0.2, -0.15) is 0 Å². The van der Waals surface area contributed by atoms with Crippen LogP contribution in [0.15, 0.2) is 103 Å². The van der Waals surface area contributed by atoms with Crippen LogP contribution in [0.3, 0.4) is 0 Å². The number of nitrogens with one attached hydrogen (secondary N) is 1. The predicted octanol–water partition coefficient (Wildman–Crippen LogP) is 5.72. The zero-order valence-corrected chi connectivity index (χ0v) is 26.6. The molecule has 0 saturated heterocycles. The van der Waals surface area contributed by atoms with Gasteiger partial charge in [-0.05, 0) is 53.1 Å². The first-order valence-corrected chi connectivity index (χ1v) is 16.4. The number of rotatable bonds is 13. The van der Waals surface area contributed by atoms with Crippen molar-refractivity contribution in [2.75, 3.05) is 24.2 Å². The van der Waals surface area contributed by atoms with E-state index in [2.05, 4.69) is 5.32 Å². The highest BCUT2D eigenvalue weighted by molar-refractivity contribution is 7.92. The summed E-state index contributed by atoms with van der Waals surface area (Å²) in [6.07, 6.45) is 1.24. The van der Waals surface area contributed by atoms with Crippen molar-refractivity contribution in [1.82, 2.24) is 10.2 Å². The van der Waals surface area contributed by atoms with Gasteiger partial charge in [-0.15, -0.1) is 0 Å². The summed E-state index contributed by atoms with van der Waals surface area (Å²) in [6, 6.07) is 29.4. The highest BCUT2D eigenvalue weighted by Gasteiger charge is 2.32. The number of nitrogens with zero attached hydrogens (tertiary/aromatic N) is 2. The molecular weight excluding hydrogens is 621 g/mol. The molecule has 8 nitrogen and oxygen atoms in total. The molecule has 0 spiro atoms. The third kappa shape index (κ3) is 8.98. The summed E-state index contributed by atoms with van der Waals surface area (Å²) in [7, 11) is -2.41. The molecule has 4 aromatic carbocycles. The second-order valence-electron chi connectivity index (χ2n) is 10.1. The fraction of sp³-hybridized carbons (Fsp3) is 0.212. The number of halogens is 2. The maximum absolute atomic E-state index is 14.1. The van der Waals surface area contributed by atoms with Crippen LogP contribution in [0.5, 0.6) is 5.75 Å². The summed E-state index contributed by atoms with van der Waals surface area (Å²) in [5, 5.41) is 3.29. The molecule has 0 bridgehead atoms. The molecule has 4 rings (SSSR count). The van der Waals surface area contributed by atoms with E-state index in [1.165, 1.54) is 11.9 Å². The lowest BCUT2D eigenvalue weighted by Gasteiger charge is -2.33. The molecule has 0 aliphatic heterocycles. The molecule has 0 aliphatic carbocycles. The smallest absolute Gasteiger partial charge is 0.244 e. The first-order valence-electron chi connectivity index (χ1n) is 13.8. The van der Waals surface area contributed by atoms with E-state index in [1.807, 2.05) is 60.7 Å². The van der Waals surface area contributed by atoms with E-state index in [0.29, 0.717) is 28.0 Å². The maximum atomic E-state index is 14.1. The number of sulfonamides is 1. The Morgan fingerprint density at radius 2 is 1.43 bits per heavy atom. The van der Waals surface area contributed by atoms with Gasteiger partial charge in [-0.25, -0.2) is 8.42 Å². The molecule has 0 saturated carbocycles. The van der Waals surface area contributed by atoms with Gasteiger partial charge in [0, 0.05) is 20.0 Å². The number of carbonyl (C=O) groups is 2. The molecule has 230 valence electrons. The van der Waals surface area contributed by atoms with Crippen molar-refractivity contribution in [3.8, 4) is 5.75 Å².